The van der Waals surface area contributed by atoms with Gasteiger partial charge < -0.3 is 9.47 Å². The fraction of sp³-hybridized carbons (Fsp3) is 0.250. The molecule has 0 unspecified atom stereocenters. The Morgan fingerprint density at radius 3 is 1.92 bits per heavy atom. The molecule has 0 spiro atoms. The number of ether oxygens (including phenoxy) is 2. The van der Waals surface area contributed by atoms with Crippen LogP contribution in [-0.2, 0) is 22.7 Å². The number of hydrogen-bond acceptors (Lipinski definition) is 5. The minimum absolute atomic E-state index is 0.281. The smallest absolute Gasteiger partial charge is 0.149 e. The average molecular weight is 182 g/mol. The maximum Gasteiger partial charge on any atom is 0.149 e. The van der Waals surface area contributed by atoms with Gasteiger partial charge in [-0.25, -0.2) is 4.63 Å². The summed E-state index contributed by atoms with van der Waals surface area (Å²) in [6.07, 6.45) is 2.65. The average Bonchev–Trinajstić information content (AvgIpc) is 2.59. The summed E-state index contributed by atoms with van der Waals surface area (Å²) in [5.74, 6) is 0. The van der Waals surface area contributed by atoms with Crippen molar-refractivity contribution in [2.75, 3.05) is 0 Å². The van der Waals surface area contributed by atoms with Gasteiger partial charge in [0.15, 0.2) is 0 Å². The predicted octanol–water partition coefficient (Wildman–Crippen LogP) is 1.39. The largest absolute Gasteiger partial charge is 0.495 e. The van der Waals surface area contributed by atoms with Gasteiger partial charge >= 0.3 is 0 Å². The van der Waals surface area contributed by atoms with Crippen molar-refractivity contribution >= 4 is 0 Å². The third kappa shape index (κ3) is 2.62. The molecule has 13 heavy (non-hydrogen) atoms. The highest BCUT2D eigenvalue weighted by Crippen LogP contribution is 2.06. The second-order valence-corrected chi connectivity index (χ2v) is 2.11. The van der Waals surface area contributed by atoms with Crippen LogP contribution < -0.4 is 0 Å². The van der Waals surface area contributed by atoms with Gasteiger partial charge in [0.2, 0.25) is 0 Å². The third-order valence-corrected chi connectivity index (χ3v) is 1.31. The van der Waals surface area contributed by atoms with Crippen molar-refractivity contribution in [3.8, 4) is 0 Å². The second kappa shape index (κ2) is 4.97. The minimum atomic E-state index is 0.281. The van der Waals surface area contributed by atoms with E-state index in [1.165, 1.54) is 12.5 Å². The third-order valence-electron chi connectivity index (χ3n) is 1.31. The van der Waals surface area contributed by atoms with E-state index in [9.17, 15) is 0 Å². The summed E-state index contributed by atoms with van der Waals surface area (Å²) in [5, 5.41) is 7.27. The Bertz CT molecular complexity index is 256. The van der Waals surface area contributed by atoms with Gasteiger partial charge in [0, 0.05) is 0 Å². The standard InChI is InChI=1S/C8H10N2O3/c1-3-11-5-7-8(6-12-4-2)10-13-9-7/h3-4H,1-2,5-6H2. The van der Waals surface area contributed by atoms with E-state index in [4.69, 9.17) is 9.47 Å². The number of nitrogens with zero attached hydrogens (tertiary/aromatic N) is 2. The lowest BCUT2D eigenvalue weighted by Gasteiger charge is -1.98. The summed E-state index contributed by atoms with van der Waals surface area (Å²) in [6.45, 7) is 7.37. The van der Waals surface area contributed by atoms with Crippen molar-refractivity contribution in [2.24, 2.45) is 0 Å². The molecule has 0 aliphatic rings. The molecule has 5 heteroatoms. The molecule has 0 fully saturated rings. The monoisotopic (exact) mass is 182 g/mol. The molecule has 1 aromatic heterocycles. The Labute approximate surface area is 75.6 Å². The Kier molecular flexibility index (Phi) is 3.56. The lowest BCUT2D eigenvalue weighted by atomic mass is 10.3. The van der Waals surface area contributed by atoms with E-state index in [0.29, 0.717) is 11.4 Å². The molecule has 5 nitrogen and oxygen atoms in total. The molecule has 1 aromatic rings. The van der Waals surface area contributed by atoms with E-state index in [-0.39, 0.29) is 13.2 Å². The van der Waals surface area contributed by atoms with Crippen LogP contribution >= 0.6 is 0 Å². The molecule has 0 aliphatic carbocycles. The van der Waals surface area contributed by atoms with Crippen LogP contribution in [0.2, 0.25) is 0 Å². The van der Waals surface area contributed by atoms with Crippen LogP contribution in [0.4, 0.5) is 0 Å². The Morgan fingerprint density at radius 1 is 1.08 bits per heavy atom. The van der Waals surface area contributed by atoms with Crippen LogP contribution in [0.3, 0.4) is 0 Å². The molecule has 0 saturated heterocycles. The molecular formula is C8H10N2O3. The maximum atomic E-state index is 4.92. The zero-order chi connectivity index (χ0) is 9.52. The highest BCUT2D eigenvalue weighted by atomic mass is 16.6. The first kappa shape index (κ1) is 9.31. The van der Waals surface area contributed by atoms with E-state index >= 15 is 0 Å². The normalized spacial score (nSPS) is 9.23. The number of rotatable bonds is 6. The van der Waals surface area contributed by atoms with Crippen molar-refractivity contribution in [3.05, 3.63) is 37.1 Å². The van der Waals surface area contributed by atoms with Gasteiger partial charge in [-0.05, 0) is 0 Å². The van der Waals surface area contributed by atoms with Crippen molar-refractivity contribution < 1.29 is 14.1 Å². The Morgan fingerprint density at radius 2 is 1.54 bits per heavy atom. The summed E-state index contributed by atoms with van der Waals surface area (Å²) < 4.78 is 14.3. The van der Waals surface area contributed by atoms with E-state index in [1.807, 2.05) is 0 Å². The van der Waals surface area contributed by atoms with Crippen molar-refractivity contribution in [1.82, 2.24) is 10.3 Å². The van der Waals surface area contributed by atoms with Gasteiger partial charge in [-0.3, -0.25) is 0 Å². The zero-order valence-corrected chi connectivity index (χ0v) is 7.10. The minimum Gasteiger partial charge on any atom is -0.495 e. The topological polar surface area (TPSA) is 57.4 Å². The predicted molar refractivity (Wildman–Crippen MR) is 44.3 cm³/mol. The van der Waals surface area contributed by atoms with Gasteiger partial charge in [-0.1, -0.05) is 23.5 Å². The molecule has 1 rings (SSSR count). The van der Waals surface area contributed by atoms with Crippen molar-refractivity contribution in [3.63, 3.8) is 0 Å². The molecule has 0 radical (unpaired) electrons. The molecule has 70 valence electrons. The first-order valence-corrected chi connectivity index (χ1v) is 3.63. The SMILES string of the molecule is C=COCc1nonc1COC=C. The molecule has 0 aliphatic heterocycles. The van der Waals surface area contributed by atoms with Crippen LogP contribution in [0.25, 0.3) is 0 Å². The molecule has 0 saturated carbocycles. The van der Waals surface area contributed by atoms with Gasteiger partial charge in [0.1, 0.15) is 24.6 Å². The molecule has 0 aromatic carbocycles. The number of hydrogen-bond donors (Lipinski definition) is 0. The van der Waals surface area contributed by atoms with Crippen LogP contribution in [0, 0.1) is 0 Å². The zero-order valence-electron chi connectivity index (χ0n) is 7.10. The van der Waals surface area contributed by atoms with E-state index < -0.39 is 0 Å². The summed E-state index contributed by atoms with van der Waals surface area (Å²) in [7, 11) is 0. The Hall–Kier alpha value is -1.78. The van der Waals surface area contributed by atoms with Crippen LogP contribution in [0.15, 0.2) is 30.3 Å². The highest BCUT2D eigenvalue weighted by molar-refractivity contribution is 5.04. The quantitative estimate of drug-likeness (QED) is 0.622. The summed E-state index contributed by atoms with van der Waals surface area (Å²) in [5.41, 5.74) is 1.20. The van der Waals surface area contributed by atoms with Crippen LogP contribution in [0.1, 0.15) is 11.4 Å². The fourth-order valence-electron chi connectivity index (χ4n) is 0.719. The number of aromatic nitrogens is 2. The molecule has 0 amide bonds. The summed E-state index contributed by atoms with van der Waals surface area (Å²) in [4.78, 5) is 0. The van der Waals surface area contributed by atoms with Crippen molar-refractivity contribution in [1.29, 1.82) is 0 Å². The molecule has 0 N–H and O–H groups in total. The van der Waals surface area contributed by atoms with Gasteiger partial charge in [-0.2, -0.15) is 0 Å². The lowest BCUT2D eigenvalue weighted by molar-refractivity contribution is 0.214. The van der Waals surface area contributed by atoms with Crippen LogP contribution in [0.5, 0.6) is 0 Å². The second-order valence-electron chi connectivity index (χ2n) is 2.11. The van der Waals surface area contributed by atoms with Gasteiger partial charge in [0.25, 0.3) is 0 Å². The van der Waals surface area contributed by atoms with E-state index in [1.54, 1.807) is 0 Å². The molecule has 0 bridgehead atoms. The highest BCUT2D eigenvalue weighted by Gasteiger charge is 2.09. The molecule has 0 atom stereocenters. The van der Waals surface area contributed by atoms with Gasteiger partial charge in [-0.15, -0.1) is 0 Å². The molecule has 1 heterocycles. The lowest BCUT2D eigenvalue weighted by Crippen LogP contribution is -1.95. The Balaban J connectivity index is 2.54. The van der Waals surface area contributed by atoms with E-state index in [0.717, 1.165) is 0 Å². The molecular weight excluding hydrogens is 172 g/mol. The fourth-order valence-corrected chi connectivity index (χ4v) is 0.719. The van der Waals surface area contributed by atoms with Crippen LogP contribution in [-0.4, -0.2) is 10.3 Å². The van der Waals surface area contributed by atoms with E-state index in [2.05, 4.69) is 28.1 Å². The first-order valence-electron chi connectivity index (χ1n) is 3.63. The van der Waals surface area contributed by atoms with Crippen molar-refractivity contribution in [2.45, 2.75) is 13.2 Å². The maximum absolute atomic E-state index is 4.92. The van der Waals surface area contributed by atoms with Gasteiger partial charge in [0.05, 0.1) is 12.5 Å². The summed E-state index contributed by atoms with van der Waals surface area (Å²) in [6, 6.07) is 0. The summed E-state index contributed by atoms with van der Waals surface area (Å²) >= 11 is 0. The first-order chi connectivity index (χ1) is 6.38.